The summed E-state index contributed by atoms with van der Waals surface area (Å²) >= 11 is 0. The minimum Gasteiger partial charge on any atom is -0.489 e. The van der Waals surface area contributed by atoms with Crippen LogP contribution >= 0.6 is 0 Å². The maximum Gasteiger partial charge on any atom is 0.151 e. The summed E-state index contributed by atoms with van der Waals surface area (Å²) in [6, 6.07) is 26.3. The van der Waals surface area contributed by atoms with Crippen molar-refractivity contribution in [3.05, 3.63) is 108 Å². The molecule has 176 valence electrons. The predicted molar refractivity (Wildman–Crippen MR) is 138 cm³/mol. The number of hydrogen-bond acceptors (Lipinski definition) is 6. The second-order valence-corrected chi connectivity index (χ2v) is 8.36. The molecule has 5 rings (SSSR count). The summed E-state index contributed by atoms with van der Waals surface area (Å²) in [6.45, 7) is 2.15. The lowest BCUT2D eigenvalue weighted by Gasteiger charge is -2.08. The smallest absolute Gasteiger partial charge is 0.151 e. The van der Waals surface area contributed by atoms with E-state index in [9.17, 15) is 0 Å². The highest BCUT2D eigenvalue weighted by Gasteiger charge is 2.15. The molecule has 0 aliphatic carbocycles. The standard InChI is InChI=1S/C28H28N6O/c29-28-27-26(22-10-6-13-25(16-22)35-19-21-8-2-1-3-9-21)17-24(34(27)33-20-32-28)12-7-14-30-18-23-11-4-5-15-31-23/h1-6,8-11,13,15-17,20,30H,7,12,14,18-19H2,(H2,29,32,33). The van der Waals surface area contributed by atoms with Gasteiger partial charge in [-0.25, -0.2) is 9.50 Å². The van der Waals surface area contributed by atoms with E-state index in [0.29, 0.717) is 12.4 Å². The summed E-state index contributed by atoms with van der Waals surface area (Å²) in [4.78, 5) is 8.60. The molecule has 3 heterocycles. The van der Waals surface area contributed by atoms with E-state index in [4.69, 9.17) is 10.5 Å². The molecule has 0 aliphatic heterocycles. The van der Waals surface area contributed by atoms with Crippen molar-refractivity contribution in [2.45, 2.75) is 26.0 Å². The van der Waals surface area contributed by atoms with Crippen molar-refractivity contribution in [3.63, 3.8) is 0 Å². The van der Waals surface area contributed by atoms with Crippen LogP contribution in [0, 0.1) is 0 Å². The van der Waals surface area contributed by atoms with E-state index in [2.05, 4.69) is 44.6 Å². The molecule has 0 saturated carbocycles. The molecule has 0 bridgehead atoms. The quantitative estimate of drug-likeness (QED) is 0.292. The number of nitrogens with zero attached hydrogens (tertiary/aromatic N) is 4. The van der Waals surface area contributed by atoms with Crippen molar-refractivity contribution in [3.8, 4) is 16.9 Å². The SMILES string of the molecule is Nc1ncnn2c(CCCNCc3ccccn3)cc(-c3cccc(OCc4ccccc4)c3)c12. The van der Waals surface area contributed by atoms with Crippen LogP contribution in [0.25, 0.3) is 16.6 Å². The first-order chi connectivity index (χ1) is 17.3. The molecule has 0 saturated heterocycles. The summed E-state index contributed by atoms with van der Waals surface area (Å²) in [5, 5.41) is 7.96. The molecule has 5 aromatic rings. The number of ether oxygens (including phenoxy) is 1. The first kappa shape index (κ1) is 22.6. The van der Waals surface area contributed by atoms with E-state index in [1.165, 1.54) is 6.33 Å². The van der Waals surface area contributed by atoms with E-state index >= 15 is 0 Å². The average molecular weight is 465 g/mol. The molecule has 0 spiro atoms. The average Bonchev–Trinajstić information content (AvgIpc) is 3.29. The molecule has 2 aromatic carbocycles. The van der Waals surface area contributed by atoms with Crippen LogP contribution in [0.1, 0.15) is 23.4 Å². The highest BCUT2D eigenvalue weighted by atomic mass is 16.5. The Bertz CT molecular complexity index is 1390. The van der Waals surface area contributed by atoms with Gasteiger partial charge in [-0.3, -0.25) is 4.98 Å². The molecule has 3 aromatic heterocycles. The summed E-state index contributed by atoms with van der Waals surface area (Å²) in [5.41, 5.74) is 12.4. The monoisotopic (exact) mass is 464 g/mol. The van der Waals surface area contributed by atoms with E-state index < -0.39 is 0 Å². The summed E-state index contributed by atoms with van der Waals surface area (Å²) in [7, 11) is 0. The van der Waals surface area contributed by atoms with Crippen molar-refractivity contribution in [2.75, 3.05) is 12.3 Å². The van der Waals surface area contributed by atoms with E-state index in [1.807, 2.05) is 65.3 Å². The number of aromatic nitrogens is 4. The van der Waals surface area contributed by atoms with Crippen molar-refractivity contribution in [1.29, 1.82) is 0 Å². The van der Waals surface area contributed by atoms with Crippen LogP contribution in [0.4, 0.5) is 5.82 Å². The van der Waals surface area contributed by atoms with Crippen LogP contribution in [-0.4, -0.2) is 26.1 Å². The summed E-state index contributed by atoms with van der Waals surface area (Å²) in [5.74, 6) is 1.27. The van der Waals surface area contributed by atoms with Crippen LogP contribution < -0.4 is 15.8 Å². The second kappa shape index (κ2) is 10.8. The van der Waals surface area contributed by atoms with Crippen molar-refractivity contribution >= 4 is 11.3 Å². The minimum atomic E-state index is 0.463. The number of nitrogens with two attached hydrogens (primary N) is 1. The maximum atomic E-state index is 6.30. The van der Waals surface area contributed by atoms with Gasteiger partial charge in [0.05, 0.1) is 5.69 Å². The Morgan fingerprint density at radius 3 is 2.66 bits per heavy atom. The van der Waals surface area contributed by atoms with Crippen molar-refractivity contribution < 1.29 is 4.74 Å². The van der Waals surface area contributed by atoms with Crippen LogP contribution in [0.2, 0.25) is 0 Å². The van der Waals surface area contributed by atoms with Gasteiger partial charge in [0, 0.05) is 24.0 Å². The van der Waals surface area contributed by atoms with Gasteiger partial charge in [-0.15, -0.1) is 0 Å². The third-order valence-corrected chi connectivity index (χ3v) is 5.87. The lowest BCUT2D eigenvalue weighted by Crippen LogP contribution is -2.16. The third kappa shape index (κ3) is 5.47. The van der Waals surface area contributed by atoms with Gasteiger partial charge < -0.3 is 15.8 Å². The molecule has 7 heteroatoms. The van der Waals surface area contributed by atoms with Crippen LogP contribution in [-0.2, 0) is 19.6 Å². The number of rotatable bonds is 10. The maximum absolute atomic E-state index is 6.30. The molecule has 0 unspecified atom stereocenters. The van der Waals surface area contributed by atoms with Gasteiger partial charge in [0.25, 0.3) is 0 Å². The fourth-order valence-electron chi connectivity index (χ4n) is 4.14. The minimum absolute atomic E-state index is 0.463. The highest BCUT2D eigenvalue weighted by molar-refractivity contribution is 5.88. The van der Waals surface area contributed by atoms with E-state index in [1.54, 1.807) is 0 Å². The molecule has 0 fully saturated rings. The first-order valence-electron chi connectivity index (χ1n) is 11.8. The number of anilines is 1. The third-order valence-electron chi connectivity index (χ3n) is 5.87. The topological polar surface area (TPSA) is 90.4 Å². The molecule has 35 heavy (non-hydrogen) atoms. The lowest BCUT2D eigenvalue weighted by atomic mass is 10.1. The number of nitrogen functional groups attached to an aromatic ring is 1. The fraction of sp³-hybridized carbons (Fsp3) is 0.179. The predicted octanol–water partition coefficient (Wildman–Crippen LogP) is 4.67. The Kier molecular flexibility index (Phi) is 6.96. The molecule has 3 N–H and O–H groups in total. The molecule has 0 amide bonds. The zero-order valence-electron chi connectivity index (χ0n) is 19.5. The van der Waals surface area contributed by atoms with Crippen molar-refractivity contribution in [1.82, 2.24) is 24.9 Å². The van der Waals surface area contributed by atoms with Gasteiger partial charge in [-0.1, -0.05) is 48.5 Å². The normalized spacial score (nSPS) is 11.1. The lowest BCUT2D eigenvalue weighted by molar-refractivity contribution is 0.306. The van der Waals surface area contributed by atoms with Gasteiger partial charge in [-0.05, 0) is 60.8 Å². The summed E-state index contributed by atoms with van der Waals surface area (Å²) < 4.78 is 7.96. The molecule has 0 radical (unpaired) electrons. The number of nitrogens with one attached hydrogen (secondary N) is 1. The van der Waals surface area contributed by atoms with Gasteiger partial charge >= 0.3 is 0 Å². The Morgan fingerprint density at radius 2 is 1.80 bits per heavy atom. The number of benzene rings is 2. The van der Waals surface area contributed by atoms with Crippen molar-refractivity contribution in [2.24, 2.45) is 0 Å². The van der Waals surface area contributed by atoms with Crippen LogP contribution in [0.3, 0.4) is 0 Å². The second-order valence-electron chi connectivity index (χ2n) is 8.36. The Morgan fingerprint density at radius 1 is 0.914 bits per heavy atom. The number of hydrogen-bond donors (Lipinski definition) is 2. The summed E-state index contributed by atoms with van der Waals surface area (Å²) in [6.07, 6.45) is 5.14. The van der Waals surface area contributed by atoms with Gasteiger partial charge in [0.2, 0.25) is 0 Å². The number of fused-ring (bicyclic) bond motifs is 1. The van der Waals surface area contributed by atoms with Gasteiger partial charge in [-0.2, -0.15) is 5.10 Å². The number of aryl methyl sites for hydroxylation is 1. The van der Waals surface area contributed by atoms with Gasteiger partial charge in [0.1, 0.15) is 24.2 Å². The van der Waals surface area contributed by atoms with Crippen LogP contribution in [0.5, 0.6) is 5.75 Å². The first-order valence-corrected chi connectivity index (χ1v) is 11.8. The Hall–Kier alpha value is -4.23. The molecular weight excluding hydrogens is 436 g/mol. The zero-order valence-corrected chi connectivity index (χ0v) is 19.5. The number of pyridine rings is 1. The Balaban J connectivity index is 1.31. The zero-order chi connectivity index (χ0) is 23.9. The fourth-order valence-corrected chi connectivity index (χ4v) is 4.14. The Labute approximate surface area is 204 Å². The van der Waals surface area contributed by atoms with E-state index in [0.717, 1.165) is 65.3 Å². The highest BCUT2D eigenvalue weighted by Crippen LogP contribution is 2.32. The molecule has 0 atom stereocenters. The van der Waals surface area contributed by atoms with Gasteiger partial charge in [0.15, 0.2) is 5.82 Å². The molecule has 7 nitrogen and oxygen atoms in total. The molecule has 0 aliphatic rings. The van der Waals surface area contributed by atoms with Crippen LogP contribution in [0.15, 0.2) is 91.4 Å². The molecular formula is C28H28N6O. The largest absolute Gasteiger partial charge is 0.489 e. The van der Waals surface area contributed by atoms with E-state index in [-0.39, 0.29) is 0 Å².